The van der Waals surface area contributed by atoms with Crippen molar-refractivity contribution >= 4 is 46.3 Å². The van der Waals surface area contributed by atoms with E-state index in [-0.39, 0.29) is 66.6 Å². The third kappa shape index (κ3) is 14.4. The lowest BCUT2D eigenvalue weighted by atomic mass is 9.73. The lowest BCUT2D eigenvalue weighted by Gasteiger charge is -2.41. The largest absolute Gasteiger partial charge is 0.399 e. The van der Waals surface area contributed by atoms with E-state index in [1.165, 1.54) is 24.5 Å². The number of nitrogen functional groups attached to an aromatic ring is 3. The van der Waals surface area contributed by atoms with E-state index in [9.17, 15) is 43.4 Å². The van der Waals surface area contributed by atoms with Crippen LogP contribution in [0.15, 0.2) is 54.6 Å². The summed E-state index contributed by atoms with van der Waals surface area (Å²) in [6.45, 7) is 3.82. The lowest BCUT2D eigenvalue weighted by molar-refractivity contribution is -0.110. The minimum absolute atomic E-state index is 0.0322. The number of benzene rings is 3. The third-order valence-electron chi connectivity index (χ3n) is 15.7. The van der Waals surface area contributed by atoms with Crippen LogP contribution in [-0.2, 0) is 0 Å². The maximum absolute atomic E-state index is 14.1. The van der Waals surface area contributed by atoms with Crippen molar-refractivity contribution in [3.05, 3.63) is 72.0 Å². The van der Waals surface area contributed by atoms with Gasteiger partial charge in [0, 0.05) is 112 Å². The smallest absolute Gasteiger partial charge is 0.251 e. The molecule has 0 aromatic heterocycles. The molecule has 0 spiro atoms. The summed E-state index contributed by atoms with van der Waals surface area (Å²) >= 11 is 0.250. The highest BCUT2D eigenvalue weighted by Gasteiger charge is 2.48. The molecule has 3 aromatic carbocycles. The van der Waals surface area contributed by atoms with Crippen LogP contribution in [0.25, 0.3) is 0 Å². The molecule has 386 valence electrons. The Morgan fingerprint density at radius 2 is 0.652 bits per heavy atom. The Kier molecular flexibility index (Phi) is 19.3. The predicted molar refractivity (Wildman–Crippen MR) is 263 cm³/mol. The van der Waals surface area contributed by atoms with E-state index in [1.54, 1.807) is 36.4 Å². The third-order valence-corrected chi connectivity index (χ3v) is 15.7. The summed E-state index contributed by atoms with van der Waals surface area (Å²) in [5, 5.41) is 0. The van der Waals surface area contributed by atoms with Crippen LogP contribution in [0.4, 0.5) is 77.5 Å². The molecule has 3 aromatic rings. The molecule has 3 atom stereocenters. The summed E-state index contributed by atoms with van der Waals surface area (Å²) in [5.41, 5.74) is 19.5. The molecular formula is C52H72F10N6S. The van der Waals surface area contributed by atoms with Crippen LogP contribution < -0.4 is 31.9 Å². The number of piperidine rings is 3. The van der Waals surface area contributed by atoms with E-state index in [1.807, 2.05) is 14.7 Å². The summed E-state index contributed by atoms with van der Waals surface area (Å²) < 4.78 is 137. The molecule has 3 aliphatic heterocycles. The molecule has 0 amide bonds. The van der Waals surface area contributed by atoms with E-state index in [0.29, 0.717) is 150 Å². The van der Waals surface area contributed by atoms with Gasteiger partial charge < -0.3 is 31.9 Å². The number of nitrogens with zero attached hydrogens (tertiary/aromatic N) is 3. The van der Waals surface area contributed by atoms with E-state index in [2.05, 4.69) is 0 Å². The van der Waals surface area contributed by atoms with Crippen molar-refractivity contribution in [1.82, 2.24) is 0 Å². The van der Waals surface area contributed by atoms with Crippen LogP contribution in [0, 0.1) is 53.0 Å². The summed E-state index contributed by atoms with van der Waals surface area (Å²) in [7, 11) is 0. The van der Waals surface area contributed by atoms with E-state index in [4.69, 9.17) is 17.2 Å². The number of hydrogen-bond acceptors (Lipinski definition) is 7. The van der Waals surface area contributed by atoms with Gasteiger partial charge in [0.1, 0.15) is 17.5 Å². The quantitative estimate of drug-likeness (QED) is 0.167. The number of alkyl halides is 6. The Balaban J connectivity index is 0.000000165. The van der Waals surface area contributed by atoms with Crippen molar-refractivity contribution in [2.75, 3.05) is 77.4 Å². The molecule has 6 nitrogen and oxygen atoms in total. The summed E-state index contributed by atoms with van der Waals surface area (Å²) in [6.07, 6.45) is 12.3. The number of anilines is 6. The van der Waals surface area contributed by atoms with Crippen molar-refractivity contribution in [3.8, 4) is 0 Å². The van der Waals surface area contributed by atoms with Gasteiger partial charge in [0.2, 0.25) is 0 Å². The SMILES string of the molecule is CSF.Nc1ccc(N2CCC(C3CCCCC3(F)F)CC2)c(F)c1.Nc1ccc(N2CCC(C3CCCCC3(F)F)CC2)c(F)c1.Nc1ccc(N2CCC(C3CCCCC3(F)F)CC2)c(F)c1. The number of hydrogen-bond donors (Lipinski definition) is 3. The Morgan fingerprint density at radius 3 is 0.855 bits per heavy atom. The number of nitrogens with two attached hydrogens (primary N) is 3. The molecule has 3 heterocycles. The molecule has 9 rings (SSSR count). The molecule has 3 aliphatic carbocycles. The van der Waals surface area contributed by atoms with Gasteiger partial charge in [0.25, 0.3) is 17.8 Å². The van der Waals surface area contributed by atoms with Gasteiger partial charge in [0.05, 0.1) is 17.1 Å². The van der Waals surface area contributed by atoms with Gasteiger partial charge >= 0.3 is 0 Å². The van der Waals surface area contributed by atoms with Crippen LogP contribution in [-0.4, -0.2) is 63.3 Å². The summed E-state index contributed by atoms with van der Waals surface area (Å²) in [4.78, 5) is 5.85. The highest BCUT2D eigenvalue weighted by atomic mass is 32.2. The first-order chi connectivity index (χ1) is 32.8. The van der Waals surface area contributed by atoms with Crippen molar-refractivity contribution in [2.45, 2.75) is 133 Å². The Morgan fingerprint density at radius 1 is 0.420 bits per heavy atom. The molecule has 6 aliphatic rings. The van der Waals surface area contributed by atoms with Gasteiger partial charge in [-0.2, -0.15) is 3.89 Å². The number of rotatable bonds is 6. The second-order valence-electron chi connectivity index (χ2n) is 20.1. The van der Waals surface area contributed by atoms with Gasteiger partial charge in [-0.25, -0.2) is 39.5 Å². The Labute approximate surface area is 406 Å². The fraction of sp³-hybridized carbons (Fsp3) is 0.654. The lowest BCUT2D eigenvalue weighted by Crippen LogP contribution is -2.43. The normalized spacial score (nSPS) is 25.3. The molecule has 0 radical (unpaired) electrons. The molecule has 6 fully saturated rings. The Bertz CT molecular complexity index is 1830. The zero-order chi connectivity index (χ0) is 49.9. The van der Waals surface area contributed by atoms with Crippen LogP contribution >= 0.6 is 12.1 Å². The van der Waals surface area contributed by atoms with Crippen LogP contribution in [0.2, 0.25) is 0 Å². The minimum atomic E-state index is -2.52. The molecule has 0 bridgehead atoms. The first-order valence-corrected chi connectivity index (χ1v) is 26.1. The molecule has 6 N–H and O–H groups in total. The van der Waals surface area contributed by atoms with Gasteiger partial charge in [0.15, 0.2) is 0 Å². The average Bonchev–Trinajstić information content (AvgIpc) is 3.30. The standard InChI is InChI=1S/3C17H23F3N2.CH3FS/c3*18-15-11-13(21)4-5-16(15)22-9-6-12(7-10-22)14-3-1-2-8-17(14,19)20;1-3-2/h3*4-5,11-12,14H,1-3,6-10,21H2;1H3. The van der Waals surface area contributed by atoms with Gasteiger partial charge in [-0.15, -0.1) is 0 Å². The molecule has 3 saturated heterocycles. The zero-order valence-electron chi connectivity index (χ0n) is 39.9. The maximum atomic E-state index is 14.1. The second-order valence-corrected chi connectivity index (χ2v) is 20.4. The fourth-order valence-electron chi connectivity index (χ4n) is 12.1. The van der Waals surface area contributed by atoms with Crippen LogP contribution in [0.5, 0.6) is 0 Å². The van der Waals surface area contributed by atoms with Crippen LogP contribution in [0.3, 0.4) is 0 Å². The molecule has 17 heteroatoms. The summed E-state index contributed by atoms with van der Waals surface area (Å²) in [5.74, 6) is -9.83. The van der Waals surface area contributed by atoms with E-state index >= 15 is 0 Å². The monoisotopic (exact) mass is 1000 g/mol. The Hall–Kier alpha value is -3.89. The minimum Gasteiger partial charge on any atom is -0.399 e. The predicted octanol–water partition coefficient (Wildman–Crippen LogP) is 14.6. The van der Waals surface area contributed by atoms with Crippen molar-refractivity contribution in [1.29, 1.82) is 0 Å². The molecule has 69 heavy (non-hydrogen) atoms. The van der Waals surface area contributed by atoms with Crippen LogP contribution in [0.1, 0.15) is 116 Å². The fourth-order valence-corrected chi connectivity index (χ4v) is 12.1. The van der Waals surface area contributed by atoms with Gasteiger partial charge in [-0.1, -0.05) is 19.3 Å². The molecular weight excluding hydrogens is 931 g/mol. The number of halogens is 10. The van der Waals surface area contributed by atoms with Crippen molar-refractivity contribution in [3.63, 3.8) is 0 Å². The second kappa shape index (κ2) is 24.5. The van der Waals surface area contributed by atoms with Gasteiger partial charge in [-0.05, 0) is 149 Å². The average molecular weight is 1000 g/mol. The zero-order valence-corrected chi connectivity index (χ0v) is 40.7. The summed E-state index contributed by atoms with van der Waals surface area (Å²) in [6, 6.07) is 14.0. The van der Waals surface area contributed by atoms with Crippen molar-refractivity contribution in [2.24, 2.45) is 35.5 Å². The van der Waals surface area contributed by atoms with E-state index in [0.717, 1.165) is 19.3 Å². The topological polar surface area (TPSA) is 87.8 Å². The highest BCUT2D eigenvalue weighted by molar-refractivity contribution is 7.93. The first-order valence-electron chi connectivity index (χ1n) is 25.0. The van der Waals surface area contributed by atoms with Gasteiger partial charge in [-0.3, -0.25) is 0 Å². The molecule has 3 saturated carbocycles. The molecule has 3 unspecified atom stereocenters. The highest BCUT2D eigenvalue weighted by Crippen LogP contribution is 2.48. The first kappa shape index (κ1) is 54.4. The van der Waals surface area contributed by atoms with E-state index < -0.39 is 35.5 Å². The van der Waals surface area contributed by atoms with Crippen molar-refractivity contribution < 1.29 is 43.4 Å². The maximum Gasteiger partial charge on any atom is 0.251 e.